The van der Waals surface area contributed by atoms with Gasteiger partial charge in [0.05, 0.1) is 22.7 Å². The highest BCUT2D eigenvalue weighted by atomic mass is 28.3. The number of furan rings is 3. The van der Waals surface area contributed by atoms with E-state index in [4.69, 9.17) is 13.3 Å². The minimum Gasteiger partial charge on any atom is -0.468 e. The first-order valence-corrected chi connectivity index (χ1v) is 33.5. The zero-order valence-electron chi connectivity index (χ0n) is 50.7. The molecule has 422 valence electrons. The summed E-state index contributed by atoms with van der Waals surface area (Å²) in [5.41, 5.74) is 22.8. The Kier molecular flexibility index (Phi) is 11.8. The first-order valence-electron chi connectivity index (χ1n) is 30.5. The number of anilines is 9. The van der Waals surface area contributed by atoms with Crippen molar-refractivity contribution in [3.05, 3.63) is 253 Å². The average molecular weight is 1140 g/mol. The lowest BCUT2D eigenvalue weighted by Crippen LogP contribution is -2.62. The van der Waals surface area contributed by atoms with E-state index in [2.05, 4.69) is 313 Å². The number of benzene rings is 11. The van der Waals surface area contributed by atoms with Crippen LogP contribution < -0.4 is 41.7 Å². The molecule has 0 spiro atoms. The maximum Gasteiger partial charge on any atom is 0.297 e. The Morgan fingerprint density at radius 2 is 1.05 bits per heavy atom. The SMILES string of the molecule is Cc1cccc([Si](C)(C)c2cc3c4c(c2)N(c2cccc5c2oc2ccccc25)c2cc(N(c5ccc(C(C)(C)C)cc5)c5ccccc5-c5ccccc5)ccc2B4c2oc4ccc(C(C)(C)C)cc4c2N3c2ccc3oc4ccccc4c3c2)c1. The third kappa shape index (κ3) is 8.36. The maximum atomic E-state index is 7.61. The van der Waals surface area contributed by atoms with E-state index in [9.17, 15) is 0 Å². The van der Waals surface area contributed by atoms with E-state index in [1.165, 1.54) is 32.5 Å². The minimum absolute atomic E-state index is 0.0308. The van der Waals surface area contributed by atoms with Crippen molar-refractivity contribution in [3.8, 4) is 11.1 Å². The Hall–Kier alpha value is -9.76. The molecule has 5 heterocycles. The summed E-state index contributed by atoms with van der Waals surface area (Å²) in [6.45, 7) is 20.7. The normalized spacial score (nSPS) is 13.3. The zero-order valence-corrected chi connectivity index (χ0v) is 51.7. The predicted molar refractivity (Wildman–Crippen MR) is 370 cm³/mol. The summed E-state index contributed by atoms with van der Waals surface area (Å²) < 4.78 is 21.4. The van der Waals surface area contributed by atoms with Gasteiger partial charge in [-0.2, -0.15) is 0 Å². The Balaban J connectivity index is 1.04. The van der Waals surface area contributed by atoms with Crippen molar-refractivity contribution in [1.29, 1.82) is 0 Å². The van der Waals surface area contributed by atoms with E-state index in [1.54, 1.807) is 0 Å². The van der Waals surface area contributed by atoms with Gasteiger partial charge in [0.1, 0.15) is 30.4 Å². The molecule has 8 heteroatoms. The summed E-state index contributed by atoms with van der Waals surface area (Å²) in [5, 5.41) is 8.06. The number of para-hydroxylation sites is 4. The summed E-state index contributed by atoms with van der Waals surface area (Å²) in [6.07, 6.45) is 0. The van der Waals surface area contributed by atoms with Crippen LogP contribution in [0.1, 0.15) is 58.2 Å². The van der Waals surface area contributed by atoms with E-state index in [0.29, 0.717) is 0 Å². The van der Waals surface area contributed by atoms with Crippen LogP contribution in [-0.2, 0) is 10.8 Å². The van der Waals surface area contributed by atoms with Crippen LogP contribution in [0.25, 0.3) is 66.0 Å². The Labute approximate surface area is 509 Å². The van der Waals surface area contributed by atoms with Crippen LogP contribution in [-0.4, -0.2) is 14.8 Å². The Bertz CT molecular complexity index is 5100. The minimum atomic E-state index is -2.55. The molecule has 0 aliphatic carbocycles. The van der Waals surface area contributed by atoms with Crippen molar-refractivity contribution >= 4 is 148 Å². The van der Waals surface area contributed by atoms with Gasteiger partial charge >= 0.3 is 0 Å². The predicted octanol–water partition coefficient (Wildman–Crippen LogP) is 19.2. The van der Waals surface area contributed by atoms with Crippen LogP contribution in [0.5, 0.6) is 0 Å². The molecular formula is C79H66BN3O3Si. The highest BCUT2D eigenvalue weighted by Crippen LogP contribution is 2.51. The number of rotatable bonds is 8. The summed E-state index contributed by atoms with van der Waals surface area (Å²) in [7, 11) is -2.55. The number of hydrogen-bond donors (Lipinski definition) is 0. The molecule has 2 aliphatic rings. The van der Waals surface area contributed by atoms with E-state index < -0.39 is 8.07 Å². The standard InChI is InChI=1S/C79H66BN3O3Si/c1-49-21-19-24-56(43-49)87(8,9)57-47-68-74-69(48-57)83(66-30-20-28-61-59-26-14-18-32-71(59)85-76(61)66)67-46-55(81(53-36-33-51(34-37-53)78(2,3)4)65-29-16-13-25-58(65)50-22-11-10-12-23-50)38-40-64(67)80(74)77-75(63-44-52(79(5,6)7)35-41-73(63)86-77)82(68)54-39-42-72-62(45-54)60-27-15-17-31-70(60)84-72/h10-48H,1-9H3. The molecule has 11 aromatic carbocycles. The smallest absolute Gasteiger partial charge is 0.297 e. The van der Waals surface area contributed by atoms with Gasteiger partial charge in [0, 0.05) is 66.6 Å². The lowest BCUT2D eigenvalue weighted by atomic mass is 9.35. The first-order chi connectivity index (χ1) is 42.1. The molecule has 16 rings (SSSR count). The Morgan fingerprint density at radius 1 is 0.425 bits per heavy atom. The molecule has 6 nitrogen and oxygen atoms in total. The third-order valence-corrected chi connectivity index (χ3v) is 22.2. The molecule has 0 bridgehead atoms. The van der Waals surface area contributed by atoms with Gasteiger partial charge in [0.15, 0.2) is 5.58 Å². The van der Waals surface area contributed by atoms with Crippen molar-refractivity contribution in [1.82, 2.24) is 0 Å². The molecule has 14 aromatic rings. The van der Waals surface area contributed by atoms with Crippen LogP contribution in [0.4, 0.5) is 51.2 Å². The second kappa shape index (κ2) is 19.4. The van der Waals surface area contributed by atoms with Crippen molar-refractivity contribution in [2.75, 3.05) is 14.7 Å². The second-order valence-corrected chi connectivity index (χ2v) is 31.0. The molecule has 3 aromatic heterocycles. The number of fused-ring (bicyclic) bond motifs is 12. The molecule has 0 N–H and O–H groups in total. The molecule has 0 saturated heterocycles. The molecular weight excluding hydrogens is 1080 g/mol. The summed E-state index contributed by atoms with van der Waals surface area (Å²) in [6, 6.07) is 87.4. The molecule has 0 atom stereocenters. The van der Waals surface area contributed by atoms with Crippen molar-refractivity contribution in [3.63, 3.8) is 0 Å². The number of nitrogens with zero attached hydrogens (tertiary/aromatic N) is 3. The van der Waals surface area contributed by atoms with Crippen molar-refractivity contribution in [2.45, 2.75) is 72.4 Å². The molecule has 0 unspecified atom stereocenters. The topological polar surface area (TPSA) is 49.1 Å². The molecule has 0 saturated carbocycles. The highest BCUT2D eigenvalue weighted by Gasteiger charge is 2.49. The van der Waals surface area contributed by atoms with Crippen LogP contribution in [0.15, 0.2) is 250 Å². The van der Waals surface area contributed by atoms with E-state index in [1.807, 2.05) is 0 Å². The first kappa shape index (κ1) is 52.8. The fourth-order valence-electron chi connectivity index (χ4n) is 14.0. The summed E-state index contributed by atoms with van der Waals surface area (Å²) >= 11 is 0. The molecule has 0 radical (unpaired) electrons. The van der Waals surface area contributed by atoms with Crippen LogP contribution >= 0.6 is 0 Å². The maximum absolute atomic E-state index is 7.61. The van der Waals surface area contributed by atoms with Crippen LogP contribution in [0, 0.1) is 6.92 Å². The van der Waals surface area contributed by atoms with Crippen LogP contribution in [0.3, 0.4) is 0 Å². The van der Waals surface area contributed by atoms with E-state index in [-0.39, 0.29) is 17.5 Å². The average Bonchev–Trinajstić information content (AvgIpc) is 1.69. The highest BCUT2D eigenvalue weighted by molar-refractivity contribution is 7.02. The van der Waals surface area contributed by atoms with Gasteiger partial charge in [0.25, 0.3) is 6.71 Å². The number of hydrogen-bond acceptors (Lipinski definition) is 6. The largest absolute Gasteiger partial charge is 0.468 e. The molecule has 2 aliphatic heterocycles. The van der Waals surface area contributed by atoms with Gasteiger partial charge in [-0.3, -0.25) is 0 Å². The molecule has 0 fully saturated rings. The van der Waals surface area contributed by atoms with Gasteiger partial charge in [0.2, 0.25) is 0 Å². The van der Waals surface area contributed by atoms with Crippen molar-refractivity contribution < 1.29 is 13.3 Å². The van der Waals surface area contributed by atoms with Crippen molar-refractivity contribution in [2.24, 2.45) is 0 Å². The molecule has 0 amide bonds. The monoisotopic (exact) mass is 1140 g/mol. The van der Waals surface area contributed by atoms with Gasteiger partial charge < -0.3 is 28.0 Å². The van der Waals surface area contributed by atoms with E-state index >= 15 is 0 Å². The lowest BCUT2D eigenvalue weighted by Gasteiger charge is -2.44. The van der Waals surface area contributed by atoms with Gasteiger partial charge in [-0.25, -0.2) is 0 Å². The van der Waals surface area contributed by atoms with Gasteiger partial charge in [-0.15, -0.1) is 0 Å². The second-order valence-electron chi connectivity index (χ2n) is 26.6. The quantitative estimate of drug-likeness (QED) is 0.141. The summed E-state index contributed by atoms with van der Waals surface area (Å²) in [5.74, 6) is 0. The van der Waals surface area contributed by atoms with E-state index in [0.717, 1.165) is 128 Å². The van der Waals surface area contributed by atoms with Gasteiger partial charge in [-0.05, 0) is 136 Å². The van der Waals surface area contributed by atoms with Gasteiger partial charge in [-0.1, -0.05) is 216 Å². The third-order valence-electron chi connectivity index (χ3n) is 18.7. The fraction of sp³-hybridized carbons (Fsp3) is 0.139. The summed E-state index contributed by atoms with van der Waals surface area (Å²) in [4.78, 5) is 7.54. The zero-order chi connectivity index (χ0) is 59.3. The fourth-order valence-corrected chi connectivity index (χ4v) is 16.4. The Morgan fingerprint density at radius 3 is 1.80 bits per heavy atom. The molecule has 87 heavy (non-hydrogen) atoms. The number of aryl methyl sites for hydroxylation is 1. The van der Waals surface area contributed by atoms with Crippen LogP contribution in [0.2, 0.25) is 13.1 Å². The lowest BCUT2D eigenvalue weighted by molar-refractivity contribution is 0.590.